The smallest absolute Gasteiger partial charge is 0.269 e. The van der Waals surface area contributed by atoms with Crippen LogP contribution in [0.5, 0.6) is 0 Å². The fourth-order valence-corrected chi connectivity index (χ4v) is 3.03. The second kappa shape index (κ2) is 9.59. The van der Waals surface area contributed by atoms with Crippen LogP contribution in [0.2, 0.25) is 0 Å². The van der Waals surface area contributed by atoms with Crippen molar-refractivity contribution in [1.82, 2.24) is 20.6 Å². The highest BCUT2D eigenvalue weighted by Crippen LogP contribution is 2.23. The largest absolute Gasteiger partial charge is 0.354 e. The Hall–Kier alpha value is -3.54. The molecule has 0 aliphatic carbocycles. The molecule has 3 rings (SSSR count). The van der Waals surface area contributed by atoms with Gasteiger partial charge in [-0.3, -0.25) is 14.6 Å². The van der Waals surface area contributed by atoms with Gasteiger partial charge in [0.25, 0.3) is 11.8 Å². The topological polar surface area (TPSA) is 84.0 Å². The molecule has 2 N–H and O–H groups in total. The number of nitrogens with zero attached hydrogens (tertiary/aromatic N) is 2. The van der Waals surface area contributed by atoms with Crippen LogP contribution in [0.4, 0.5) is 0 Å². The van der Waals surface area contributed by atoms with Crippen molar-refractivity contribution in [3.63, 3.8) is 0 Å². The van der Waals surface area contributed by atoms with E-state index in [4.69, 9.17) is 0 Å². The first-order valence-corrected chi connectivity index (χ1v) is 9.54. The SMILES string of the molecule is CNC(=O)c1cc(C(=O)NCCc2cccnc2)cc([C@@H](C)c2ccccc2)n1. The van der Waals surface area contributed by atoms with E-state index in [2.05, 4.69) is 20.6 Å². The van der Waals surface area contributed by atoms with Gasteiger partial charge in [0.1, 0.15) is 5.69 Å². The van der Waals surface area contributed by atoms with Crippen molar-refractivity contribution in [2.45, 2.75) is 19.3 Å². The summed E-state index contributed by atoms with van der Waals surface area (Å²) in [6.07, 6.45) is 4.18. The molecule has 0 unspecified atom stereocenters. The van der Waals surface area contributed by atoms with Crippen molar-refractivity contribution < 1.29 is 9.59 Å². The molecule has 6 nitrogen and oxygen atoms in total. The molecule has 3 aromatic rings. The number of benzene rings is 1. The Balaban J connectivity index is 1.81. The summed E-state index contributed by atoms with van der Waals surface area (Å²) in [6, 6.07) is 17.0. The molecule has 1 aromatic carbocycles. The van der Waals surface area contributed by atoms with Gasteiger partial charge in [-0.2, -0.15) is 0 Å². The maximum atomic E-state index is 12.7. The lowest BCUT2D eigenvalue weighted by Gasteiger charge is -2.15. The summed E-state index contributed by atoms with van der Waals surface area (Å²) in [5.41, 5.74) is 3.44. The minimum absolute atomic E-state index is 0.0530. The summed E-state index contributed by atoms with van der Waals surface area (Å²) in [6.45, 7) is 2.49. The van der Waals surface area contributed by atoms with Crippen LogP contribution >= 0.6 is 0 Å². The quantitative estimate of drug-likeness (QED) is 0.652. The lowest BCUT2D eigenvalue weighted by molar-refractivity contribution is 0.0954. The molecule has 6 heteroatoms. The third-order valence-corrected chi connectivity index (χ3v) is 4.73. The normalized spacial score (nSPS) is 11.5. The van der Waals surface area contributed by atoms with Crippen molar-refractivity contribution >= 4 is 11.8 Å². The standard InChI is InChI=1S/C23H24N4O2/c1-16(18-8-4-3-5-9-18)20-13-19(14-21(27-20)23(29)24-2)22(28)26-12-10-17-7-6-11-25-15-17/h3-9,11,13-16H,10,12H2,1-2H3,(H,24,29)(H,26,28)/t16-/m0/s1. The Labute approximate surface area is 170 Å². The molecule has 2 aromatic heterocycles. The predicted molar refractivity (Wildman–Crippen MR) is 112 cm³/mol. The van der Waals surface area contributed by atoms with Crippen molar-refractivity contribution in [1.29, 1.82) is 0 Å². The summed E-state index contributed by atoms with van der Waals surface area (Å²) in [4.78, 5) is 33.5. The number of carbonyl (C=O) groups excluding carboxylic acids is 2. The molecule has 2 amide bonds. The van der Waals surface area contributed by atoms with E-state index in [1.807, 2.05) is 49.4 Å². The van der Waals surface area contributed by atoms with Crippen LogP contribution in [0.15, 0.2) is 67.0 Å². The number of carbonyl (C=O) groups is 2. The minimum atomic E-state index is -0.323. The van der Waals surface area contributed by atoms with E-state index in [0.717, 1.165) is 11.1 Å². The van der Waals surface area contributed by atoms with Crippen molar-refractivity contribution in [3.8, 4) is 0 Å². The lowest BCUT2D eigenvalue weighted by atomic mass is 9.96. The highest BCUT2D eigenvalue weighted by atomic mass is 16.2. The number of hydrogen-bond donors (Lipinski definition) is 2. The molecule has 0 bridgehead atoms. The van der Waals surface area contributed by atoms with Crippen LogP contribution in [0.1, 0.15) is 50.5 Å². The van der Waals surface area contributed by atoms with Gasteiger partial charge in [-0.15, -0.1) is 0 Å². The van der Waals surface area contributed by atoms with E-state index in [0.29, 0.717) is 24.2 Å². The van der Waals surface area contributed by atoms with Gasteiger partial charge in [0.2, 0.25) is 0 Å². The maximum absolute atomic E-state index is 12.7. The van der Waals surface area contributed by atoms with Gasteiger partial charge in [-0.05, 0) is 35.7 Å². The van der Waals surface area contributed by atoms with Crippen LogP contribution in [0, 0.1) is 0 Å². The average molecular weight is 388 g/mol. The number of amides is 2. The first kappa shape index (κ1) is 20.2. The molecule has 0 aliphatic heterocycles. The van der Waals surface area contributed by atoms with Crippen LogP contribution < -0.4 is 10.6 Å². The Morgan fingerprint density at radius 2 is 1.83 bits per heavy atom. The zero-order valence-corrected chi connectivity index (χ0v) is 16.6. The van der Waals surface area contributed by atoms with E-state index in [1.54, 1.807) is 25.5 Å². The first-order valence-electron chi connectivity index (χ1n) is 9.54. The van der Waals surface area contributed by atoms with Gasteiger partial charge in [0.15, 0.2) is 0 Å². The van der Waals surface area contributed by atoms with Gasteiger partial charge in [0, 0.05) is 43.2 Å². The molecule has 0 saturated heterocycles. The average Bonchev–Trinajstić information content (AvgIpc) is 2.79. The zero-order chi connectivity index (χ0) is 20.6. The second-order valence-corrected chi connectivity index (χ2v) is 6.74. The number of hydrogen-bond acceptors (Lipinski definition) is 4. The van der Waals surface area contributed by atoms with Gasteiger partial charge in [0.05, 0.1) is 0 Å². The van der Waals surface area contributed by atoms with Crippen LogP contribution in [-0.4, -0.2) is 35.4 Å². The van der Waals surface area contributed by atoms with Crippen molar-refractivity contribution in [2.75, 3.05) is 13.6 Å². The van der Waals surface area contributed by atoms with Crippen molar-refractivity contribution in [2.24, 2.45) is 0 Å². The molecule has 0 spiro atoms. The summed E-state index contributed by atoms with van der Waals surface area (Å²) in [5.74, 6) is -0.609. The molecule has 1 atom stereocenters. The summed E-state index contributed by atoms with van der Waals surface area (Å²) in [5, 5.41) is 5.49. The first-order chi connectivity index (χ1) is 14.1. The van der Waals surface area contributed by atoms with E-state index in [9.17, 15) is 9.59 Å². The van der Waals surface area contributed by atoms with E-state index in [1.165, 1.54) is 6.07 Å². The molecule has 0 fully saturated rings. The number of rotatable bonds is 7. The summed E-state index contributed by atoms with van der Waals surface area (Å²) >= 11 is 0. The highest BCUT2D eigenvalue weighted by Gasteiger charge is 2.17. The summed E-state index contributed by atoms with van der Waals surface area (Å²) < 4.78 is 0. The monoisotopic (exact) mass is 388 g/mol. The number of aromatic nitrogens is 2. The molecule has 2 heterocycles. The Morgan fingerprint density at radius 1 is 1.03 bits per heavy atom. The third kappa shape index (κ3) is 5.25. The second-order valence-electron chi connectivity index (χ2n) is 6.74. The Bertz CT molecular complexity index is 975. The molecule has 148 valence electrons. The van der Waals surface area contributed by atoms with Gasteiger partial charge < -0.3 is 10.6 Å². The van der Waals surface area contributed by atoms with Gasteiger partial charge in [-0.25, -0.2) is 4.98 Å². The number of pyridine rings is 2. The van der Waals surface area contributed by atoms with Gasteiger partial charge in [-0.1, -0.05) is 43.3 Å². The van der Waals surface area contributed by atoms with Crippen LogP contribution in [-0.2, 0) is 6.42 Å². The third-order valence-electron chi connectivity index (χ3n) is 4.73. The maximum Gasteiger partial charge on any atom is 0.269 e. The molecule has 0 saturated carbocycles. The van der Waals surface area contributed by atoms with Gasteiger partial charge >= 0.3 is 0 Å². The Morgan fingerprint density at radius 3 is 2.52 bits per heavy atom. The molecule has 0 radical (unpaired) electrons. The van der Waals surface area contributed by atoms with Crippen LogP contribution in [0.3, 0.4) is 0 Å². The highest BCUT2D eigenvalue weighted by molar-refractivity contribution is 5.98. The predicted octanol–water partition coefficient (Wildman–Crippen LogP) is 2.96. The number of nitrogens with one attached hydrogen (secondary N) is 2. The van der Waals surface area contributed by atoms with E-state index < -0.39 is 0 Å². The fraction of sp³-hybridized carbons (Fsp3) is 0.217. The summed E-state index contributed by atoms with van der Waals surface area (Å²) in [7, 11) is 1.55. The molecule has 29 heavy (non-hydrogen) atoms. The van der Waals surface area contributed by atoms with Crippen molar-refractivity contribution in [3.05, 3.63) is 95.1 Å². The molecular formula is C23H24N4O2. The zero-order valence-electron chi connectivity index (χ0n) is 16.6. The lowest BCUT2D eigenvalue weighted by Crippen LogP contribution is -2.27. The minimum Gasteiger partial charge on any atom is -0.354 e. The Kier molecular flexibility index (Phi) is 6.68. The molecule has 0 aliphatic rings. The van der Waals surface area contributed by atoms with Crippen LogP contribution in [0.25, 0.3) is 0 Å². The van der Waals surface area contributed by atoms with E-state index in [-0.39, 0.29) is 23.4 Å². The molecular weight excluding hydrogens is 364 g/mol. The van der Waals surface area contributed by atoms with E-state index >= 15 is 0 Å². The fourth-order valence-electron chi connectivity index (χ4n) is 3.03.